The highest BCUT2D eigenvalue weighted by molar-refractivity contribution is 6.30. The zero-order chi connectivity index (χ0) is 15.9. The molecule has 1 heterocycles. The maximum atomic E-state index is 11.7. The Labute approximate surface area is 133 Å². The third-order valence-corrected chi connectivity index (χ3v) is 3.39. The van der Waals surface area contributed by atoms with Gasteiger partial charge in [0, 0.05) is 12.7 Å². The summed E-state index contributed by atoms with van der Waals surface area (Å²) < 4.78 is 4.90. The van der Waals surface area contributed by atoms with Crippen molar-refractivity contribution in [1.29, 1.82) is 0 Å². The van der Waals surface area contributed by atoms with Crippen molar-refractivity contribution in [3.05, 3.63) is 58.9 Å². The van der Waals surface area contributed by atoms with Crippen LogP contribution in [0, 0.1) is 0 Å². The zero-order valence-electron chi connectivity index (χ0n) is 12.1. The second-order valence-electron chi connectivity index (χ2n) is 4.92. The minimum Gasteiger partial charge on any atom is -0.451 e. The smallest absolute Gasteiger partial charge is 0.355 e. The van der Waals surface area contributed by atoms with Crippen molar-refractivity contribution in [2.75, 3.05) is 13.2 Å². The van der Waals surface area contributed by atoms with Crippen LogP contribution in [0.2, 0.25) is 5.02 Å². The first-order chi connectivity index (χ1) is 10.6. The fourth-order valence-corrected chi connectivity index (χ4v) is 2.08. The molecule has 1 atom stereocenters. The van der Waals surface area contributed by atoms with Gasteiger partial charge in [0.25, 0.3) is 5.91 Å². The van der Waals surface area contributed by atoms with E-state index >= 15 is 0 Å². The number of ether oxygens (including phenoxy) is 1. The van der Waals surface area contributed by atoms with E-state index in [9.17, 15) is 9.59 Å². The summed E-state index contributed by atoms with van der Waals surface area (Å²) in [5.41, 5.74) is 1.36. The van der Waals surface area contributed by atoms with Crippen LogP contribution < -0.4 is 5.32 Å². The molecule has 0 aliphatic carbocycles. The van der Waals surface area contributed by atoms with E-state index in [1.54, 1.807) is 0 Å². The Balaban J connectivity index is 1.73. The Morgan fingerprint density at radius 3 is 2.68 bits per heavy atom. The van der Waals surface area contributed by atoms with Gasteiger partial charge in [-0.3, -0.25) is 4.79 Å². The van der Waals surface area contributed by atoms with Gasteiger partial charge in [-0.15, -0.1) is 0 Å². The van der Waals surface area contributed by atoms with Crippen molar-refractivity contribution in [2.45, 2.75) is 12.8 Å². The quantitative estimate of drug-likeness (QED) is 0.804. The molecule has 116 valence electrons. The minimum atomic E-state index is -0.613. The number of aromatic nitrogens is 1. The molecule has 2 aromatic rings. The summed E-state index contributed by atoms with van der Waals surface area (Å²) in [5.74, 6) is -0.769. The number of benzene rings is 1. The number of halogens is 1. The van der Waals surface area contributed by atoms with Crippen LogP contribution in [0.4, 0.5) is 0 Å². The average Bonchev–Trinajstić information content (AvgIpc) is 2.97. The van der Waals surface area contributed by atoms with Crippen LogP contribution in [0.5, 0.6) is 0 Å². The van der Waals surface area contributed by atoms with Gasteiger partial charge < -0.3 is 15.0 Å². The lowest BCUT2D eigenvalue weighted by Crippen LogP contribution is -2.31. The number of aromatic amines is 1. The monoisotopic (exact) mass is 320 g/mol. The zero-order valence-corrected chi connectivity index (χ0v) is 12.9. The molecule has 22 heavy (non-hydrogen) atoms. The normalized spacial score (nSPS) is 11.7. The van der Waals surface area contributed by atoms with Gasteiger partial charge >= 0.3 is 5.97 Å². The number of H-pyrrole nitrogens is 1. The maximum Gasteiger partial charge on any atom is 0.355 e. The molecule has 0 aliphatic heterocycles. The van der Waals surface area contributed by atoms with E-state index in [1.165, 1.54) is 12.3 Å². The highest BCUT2D eigenvalue weighted by Gasteiger charge is 2.13. The number of carbonyl (C=O) groups is 2. The molecule has 6 heteroatoms. The minimum absolute atomic E-state index is 0.183. The lowest BCUT2D eigenvalue weighted by molar-refractivity contribution is -0.124. The summed E-state index contributed by atoms with van der Waals surface area (Å²) in [6.45, 7) is 2.17. The Hall–Kier alpha value is -2.27. The van der Waals surface area contributed by atoms with Crippen LogP contribution in [0.3, 0.4) is 0 Å². The van der Waals surface area contributed by atoms with Gasteiger partial charge in [-0.25, -0.2) is 4.79 Å². The van der Waals surface area contributed by atoms with Crippen molar-refractivity contribution in [2.24, 2.45) is 0 Å². The molecule has 2 N–H and O–H groups in total. The predicted octanol–water partition coefficient (Wildman–Crippen LogP) is 2.74. The molecule has 5 nitrogen and oxygen atoms in total. The first-order valence-electron chi connectivity index (χ1n) is 6.89. The molecule has 0 bridgehead atoms. The first kappa shape index (κ1) is 16.1. The van der Waals surface area contributed by atoms with Crippen LogP contribution in [0.25, 0.3) is 0 Å². The van der Waals surface area contributed by atoms with Gasteiger partial charge in [-0.2, -0.15) is 0 Å². The molecule has 2 rings (SSSR count). The van der Waals surface area contributed by atoms with Crippen molar-refractivity contribution < 1.29 is 14.3 Å². The number of carbonyl (C=O) groups excluding carboxylic acids is 2. The van der Waals surface area contributed by atoms with E-state index in [4.69, 9.17) is 16.3 Å². The molecule has 1 aromatic carbocycles. The highest BCUT2D eigenvalue weighted by atomic mass is 35.5. The molecular formula is C16H17ClN2O3. The Kier molecular flexibility index (Phi) is 5.61. The molecule has 0 fully saturated rings. The summed E-state index contributed by atoms with van der Waals surface area (Å²) in [6.07, 6.45) is 1.47. The van der Waals surface area contributed by atoms with Gasteiger partial charge in [0.2, 0.25) is 0 Å². The molecule has 1 amide bonds. The van der Waals surface area contributed by atoms with Crippen molar-refractivity contribution >= 4 is 23.5 Å². The van der Waals surface area contributed by atoms with Crippen molar-refractivity contribution in [3.8, 4) is 0 Å². The number of esters is 1. The van der Waals surface area contributed by atoms with Crippen molar-refractivity contribution in [1.82, 2.24) is 10.3 Å². The van der Waals surface area contributed by atoms with Crippen LogP contribution in [-0.4, -0.2) is 30.0 Å². The van der Waals surface area contributed by atoms with Gasteiger partial charge in [-0.1, -0.05) is 48.9 Å². The van der Waals surface area contributed by atoms with Gasteiger partial charge in [0.1, 0.15) is 5.69 Å². The topological polar surface area (TPSA) is 71.2 Å². The lowest BCUT2D eigenvalue weighted by Gasteiger charge is -2.13. The maximum absolute atomic E-state index is 11.7. The molecule has 1 aromatic heterocycles. The fraction of sp³-hybridized carbons (Fsp3) is 0.250. The van der Waals surface area contributed by atoms with Gasteiger partial charge in [-0.05, 0) is 17.5 Å². The second kappa shape index (κ2) is 7.66. The van der Waals surface area contributed by atoms with Gasteiger partial charge in [0.05, 0.1) is 5.02 Å². The first-order valence-corrected chi connectivity index (χ1v) is 7.26. The number of hydrogen-bond acceptors (Lipinski definition) is 3. The number of rotatable bonds is 6. The molecule has 0 spiro atoms. The third kappa shape index (κ3) is 4.63. The third-order valence-electron chi connectivity index (χ3n) is 3.18. The van der Waals surface area contributed by atoms with Gasteiger partial charge in [0.15, 0.2) is 6.61 Å². The Bertz CT molecular complexity index is 640. The molecule has 0 aliphatic rings. The van der Waals surface area contributed by atoms with Crippen LogP contribution >= 0.6 is 11.6 Å². The summed E-state index contributed by atoms with van der Waals surface area (Å²) in [4.78, 5) is 26.0. The fourth-order valence-electron chi connectivity index (χ4n) is 1.91. The largest absolute Gasteiger partial charge is 0.451 e. The molecule has 0 saturated carbocycles. The molecule has 1 unspecified atom stereocenters. The van der Waals surface area contributed by atoms with E-state index in [0.717, 1.165) is 5.56 Å². The molecular weight excluding hydrogens is 304 g/mol. The number of amides is 1. The van der Waals surface area contributed by atoms with Crippen molar-refractivity contribution in [3.63, 3.8) is 0 Å². The summed E-state index contributed by atoms with van der Waals surface area (Å²) in [7, 11) is 0. The highest BCUT2D eigenvalue weighted by Crippen LogP contribution is 2.13. The number of nitrogens with one attached hydrogen (secondary N) is 2. The lowest BCUT2D eigenvalue weighted by atomic mass is 10.0. The predicted molar refractivity (Wildman–Crippen MR) is 84.0 cm³/mol. The van der Waals surface area contributed by atoms with E-state index in [1.807, 2.05) is 37.3 Å². The summed E-state index contributed by atoms with van der Waals surface area (Å²) in [5, 5.41) is 3.15. The standard InChI is InChI=1S/C16H17ClN2O3/c1-11(12-5-3-2-4-6-12)8-19-15(20)10-22-16(21)14-7-13(17)9-18-14/h2-7,9,11,18H,8,10H2,1H3,(H,19,20). The Morgan fingerprint density at radius 1 is 1.32 bits per heavy atom. The van der Waals surface area contributed by atoms with E-state index in [-0.39, 0.29) is 24.1 Å². The number of hydrogen-bond donors (Lipinski definition) is 2. The SMILES string of the molecule is CC(CNC(=O)COC(=O)c1cc(Cl)c[nH]1)c1ccccc1. The van der Waals surface area contributed by atoms with E-state index in [2.05, 4.69) is 10.3 Å². The average molecular weight is 321 g/mol. The molecule has 0 saturated heterocycles. The molecule has 0 radical (unpaired) electrons. The summed E-state index contributed by atoms with van der Waals surface area (Å²) in [6, 6.07) is 11.3. The van der Waals surface area contributed by atoms with E-state index in [0.29, 0.717) is 11.6 Å². The Morgan fingerprint density at radius 2 is 2.05 bits per heavy atom. The van der Waals surface area contributed by atoms with Crippen LogP contribution in [0.1, 0.15) is 28.9 Å². The van der Waals surface area contributed by atoms with E-state index < -0.39 is 5.97 Å². The second-order valence-corrected chi connectivity index (χ2v) is 5.36. The van der Waals surface area contributed by atoms with Crippen LogP contribution in [0.15, 0.2) is 42.6 Å². The summed E-state index contributed by atoms with van der Waals surface area (Å²) >= 11 is 5.69. The van der Waals surface area contributed by atoms with Crippen LogP contribution in [-0.2, 0) is 9.53 Å².